The van der Waals surface area contributed by atoms with Crippen molar-refractivity contribution in [1.82, 2.24) is 14.5 Å². The quantitative estimate of drug-likeness (QED) is 0.908. The molecular formula is C16H22N4. The van der Waals surface area contributed by atoms with Crippen LogP contribution in [-0.4, -0.2) is 14.5 Å². The Hall–Kier alpha value is -1.84. The third-order valence-corrected chi connectivity index (χ3v) is 4.71. The number of hydrogen-bond acceptors (Lipinski definition) is 3. The van der Waals surface area contributed by atoms with Crippen molar-refractivity contribution in [2.45, 2.75) is 39.2 Å². The summed E-state index contributed by atoms with van der Waals surface area (Å²) in [6, 6.07) is 4.42. The average molecular weight is 270 g/mol. The Bertz CT molecular complexity index is 572. The lowest BCUT2D eigenvalue weighted by Gasteiger charge is -2.33. The van der Waals surface area contributed by atoms with Gasteiger partial charge in [0, 0.05) is 17.8 Å². The molecule has 2 aromatic rings. The first kappa shape index (κ1) is 13.2. The summed E-state index contributed by atoms with van der Waals surface area (Å²) in [5.41, 5.74) is 7.89. The van der Waals surface area contributed by atoms with Crippen LogP contribution in [0.2, 0.25) is 0 Å². The fraction of sp³-hybridized carbons (Fsp3) is 0.500. The van der Waals surface area contributed by atoms with Crippen LogP contribution >= 0.6 is 0 Å². The Morgan fingerprint density at radius 1 is 1.15 bits per heavy atom. The first-order valence-corrected chi connectivity index (χ1v) is 7.39. The van der Waals surface area contributed by atoms with E-state index in [1.807, 2.05) is 30.9 Å². The number of nitrogens with two attached hydrogens (primary N) is 1. The van der Waals surface area contributed by atoms with E-state index in [4.69, 9.17) is 5.73 Å². The molecule has 0 aromatic carbocycles. The summed E-state index contributed by atoms with van der Waals surface area (Å²) >= 11 is 0. The molecule has 106 valence electrons. The minimum atomic E-state index is 0.552. The van der Waals surface area contributed by atoms with Crippen LogP contribution < -0.4 is 5.73 Å². The maximum Gasteiger partial charge on any atom is 0.123 e. The summed E-state index contributed by atoms with van der Waals surface area (Å²) in [5, 5.41) is 0. The van der Waals surface area contributed by atoms with Gasteiger partial charge in [-0.05, 0) is 43.2 Å². The Balaban J connectivity index is 1.88. The molecule has 1 aliphatic carbocycles. The van der Waals surface area contributed by atoms with Gasteiger partial charge in [0.15, 0.2) is 0 Å². The number of aromatic nitrogens is 3. The van der Waals surface area contributed by atoms with E-state index in [0.717, 1.165) is 23.1 Å². The maximum absolute atomic E-state index is 5.66. The van der Waals surface area contributed by atoms with Crippen LogP contribution in [0, 0.1) is 11.8 Å². The van der Waals surface area contributed by atoms with Crippen LogP contribution in [0.3, 0.4) is 0 Å². The van der Waals surface area contributed by atoms with Gasteiger partial charge in [-0.1, -0.05) is 13.8 Å². The molecular weight excluding hydrogens is 248 g/mol. The van der Waals surface area contributed by atoms with Crippen LogP contribution in [-0.2, 0) is 0 Å². The molecule has 0 aliphatic heterocycles. The number of nitrogens with zero attached hydrogens (tertiary/aromatic N) is 3. The summed E-state index contributed by atoms with van der Waals surface area (Å²) in [6.45, 7) is 4.72. The summed E-state index contributed by atoms with van der Waals surface area (Å²) in [5.74, 6) is 2.16. The normalized spacial score (nSPS) is 26.6. The van der Waals surface area contributed by atoms with Gasteiger partial charge in [-0.3, -0.25) is 0 Å². The predicted octanol–water partition coefficient (Wildman–Crippen LogP) is 3.52. The van der Waals surface area contributed by atoms with Gasteiger partial charge in [0.2, 0.25) is 0 Å². The lowest BCUT2D eigenvalue weighted by atomic mass is 9.79. The lowest BCUT2D eigenvalue weighted by Crippen LogP contribution is -2.23. The molecule has 3 unspecified atom stereocenters. The largest absolute Gasteiger partial charge is 0.384 e. The highest BCUT2D eigenvalue weighted by Crippen LogP contribution is 2.38. The molecule has 20 heavy (non-hydrogen) atoms. The van der Waals surface area contributed by atoms with Crippen molar-refractivity contribution in [2.24, 2.45) is 11.8 Å². The molecule has 0 radical (unpaired) electrons. The van der Waals surface area contributed by atoms with Crippen molar-refractivity contribution in [1.29, 1.82) is 0 Å². The number of anilines is 1. The highest BCUT2D eigenvalue weighted by atomic mass is 15.1. The maximum atomic E-state index is 5.66. The second kappa shape index (κ2) is 5.27. The molecule has 3 atom stereocenters. The van der Waals surface area contributed by atoms with E-state index < -0.39 is 0 Å². The number of rotatable bonds is 2. The first-order valence-electron chi connectivity index (χ1n) is 7.39. The molecule has 0 spiro atoms. The van der Waals surface area contributed by atoms with E-state index in [9.17, 15) is 0 Å². The third kappa shape index (κ3) is 2.42. The molecule has 2 heterocycles. The molecule has 1 saturated carbocycles. The zero-order chi connectivity index (χ0) is 14.1. The molecule has 3 rings (SSSR count). The summed E-state index contributed by atoms with van der Waals surface area (Å²) in [6.07, 6.45) is 9.47. The zero-order valence-electron chi connectivity index (χ0n) is 12.2. The molecule has 2 aromatic heterocycles. The van der Waals surface area contributed by atoms with Gasteiger partial charge >= 0.3 is 0 Å². The molecule has 0 amide bonds. The number of hydrogen-bond donors (Lipinski definition) is 1. The average Bonchev–Trinajstić information content (AvgIpc) is 2.92. The molecule has 0 saturated heterocycles. The van der Waals surface area contributed by atoms with Crippen LogP contribution in [0.25, 0.3) is 11.3 Å². The van der Waals surface area contributed by atoms with E-state index in [0.29, 0.717) is 11.9 Å². The fourth-order valence-corrected chi connectivity index (χ4v) is 3.15. The van der Waals surface area contributed by atoms with E-state index in [1.54, 1.807) is 0 Å². The van der Waals surface area contributed by atoms with Crippen LogP contribution in [0.4, 0.5) is 5.82 Å². The number of pyridine rings is 1. The Morgan fingerprint density at radius 3 is 2.70 bits per heavy atom. The van der Waals surface area contributed by atoms with Gasteiger partial charge in [0.1, 0.15) is 5.82 Å². The SMILES string of the molecule is CC1CCC(n2cncc2-c2ccc(N)nc2)CC1C. The number of nitrogen functional groups attached to an aromatic ring is 1. The van der Waals surface area contributed by atoms with E-state index in [-0.39, 0.29) is 0 Å². The van der Waals surface area contributed by atoms with Gasteiger partial charge in [-0.2, -0.15) is 0 Å². The van der Waals surface area contributed by atoms with Crippen molar-refractivity contribution in [2.75, 3.05) is 5.73 Å². The predicted molar refractivity (Wildman–Crippen MR) is 81.1 cm³/mol. The minimum Gasteiger partial charge on any atom is -0.384 e. The minimum absolute atomic E-state index is 0.552. The fourth-order valence-electron chi connectivity index (χ4n) is 3.15. The Kier molecular flexibility index (Phi) is 3.47. The van der Waals surface area contributed by atoms with E-state index >= 15 is 0 Å². The van der Waals surface area contributed by atoms with Gasteiger partial charge in [-0.15, -0.1) is 0 Å². The van der Waals surface area contributed by atoms with Crippen molar-refractivity contribution in [3.63, 3.8) is 0 Å². The van der Waals surface area contributed by atoms with Gasteiger partial charge in [-0.25, -0.2) is 9.97 Å². The van der Waals surface area contributed by atoms with Crippen molar-refractivity contribution in [3.05, 3.63) is 30.9 Å². The first-order chi connectivity index (χ1) is 9.65. The Morgan fingerprint density at radius 2 is 2.00 bits per heavy atom. The topological polar surface area (TPSA) is 56.7 Å². The van der Waals surface area contributed by atoms with E-state index in [1.165, 1.54) is 19.3 Å². The lowest BCUT2D eigenvalue weighted by molar-refractivity contribution is 0.211. The van der Waals surface area contributed by atoms with Crippen molar-refractivity contribution in [3.8, 4) is 11.3 Å². The smallest absolute Gasteiger partial charge is 0.123 e. The highest BCUT2D eigenvalue weighted by molar-refractivity contribution is 5.59. The third-order valence-electron chi connectivity index (χ3n) is 4.71. The molecule has 2 N–H and O–H groups in total. The van der Waals surface area contributed by atoms with Crippen LogP contribution in [0.5, 0.6) is 0 Å². The van der Waals surface area contributed by atoms with Gasteiger partial charge in [0.05, 0.1) is 18.2 Å². The summed E-state index contributed by atoms with van der Waals surface area (Å²) < 4.78 is 2.32. The molecule has 1 fully saturated rings. The standard InChI is InChI=1S/C16H22N4/c1-11-3-5-14(7-12(11)2)20-10-18-9-15(20)13-4-6-16(17)19-8-13/h4,6,8-12,14H,3,5,7H2,1-2H3,(H2,17,19). The zero-order valence-corrected chi connectivity index (χ0v) is 12.2. The van der Waals surface area contributed by atoms with Crippen molar-refractivity contribution < 1.29 is 0 Å². The monoisotopic (exact) mass is 270 g/mol. The molecule has 1 aliphatic rings. The Labute approximate surface area is 120 Å². The summed E-state index contributed by atoms with van der Waals surface area (Å²) in [7, 11) is 0. The van der Waals surface area contributed by atoms with Crippen LogP contribution in [0.15, 0.2) is 30.9 Å². The highest BCUT2D eigenvalue weighted by Gasteiger charge is 2.26. The van der Waals surface area contributed by atoms with Crippen molar-refractivity contribution >= 4 is 5.82 Å². The molecule has 4 heteroatoms. The summed E-state index contributed by atoms with van der Waals surface area (Å²) in [4.78, 5) is 8.53. The second-order valence-electron chi connectivity index (χ2n) is 6.08. The molecule has 0 bridgehead atoms. The van der Waals surface area contributed by atoms with Gasteiger partial charge in [0.25, 0.3) is 0 Å². The second-order valence-corrected chi connectivity index (χ2v) is 6.08. The molecule has 4 nitrogen and oxygen atoms in total. The van der Waals surface area contributed by atoms with E-state index in [2.05, 4.69) is 28.4 Å². The van der Waals surface area contributed by atoms with Gasteiger partial charge < -0.3 is 10.3 Å². The van der Waals surface area contributed by atoms with Crippen LogP contribution in [0.1, 0.15) is 39.2 Å². The number of imidazole rings is 1.